The van der Waals surface area contributed by atoms with E-state index >= 15 is 4.39 Å². The molecule has 3 rings (SSSR count). The number of hydrogen-bond donors (Lipinski definition) is 1. The van der Waals surface area contributed by atoms with E-state index in [-0.39, 0.29) is 18.5 Å². The van der Waals surface area contributed by atoms with Gasteiger partial charge in [0, 0.05) is 6.20 Å². The largest absolute Gasteiger partial charge is 0.383 e. The first-order valence-corrected chi connectivity index (χ1v) is 10.0. The van der Waals surface area contributed by atoms with Gasteiger partial charge in [-0.25, -0.2) is 9.18 Å². The molecule has 1 aromatic heterocycles. The summed E-state index contributed by atoms with van der Waals surface area (Å²) in [6, 6.07) is 1.34. The number of rotatable bonds is 3. The minimum Gasteiger partial charge on any atom is -0.383 e. The highest BCUT2D eigenvalue weighted by atomic mass is 35.5. The lowest BCUT2D eigenvalue weighted by Crippen LogP contribution is -2.44. The van der Waals surface area contributed by atoms with Gasteiger partial charge in [0.25, 0.3) is 5.13 Å². The highest BCUT2D eigenvalue weighted by Gasteiger charge is 2.62. The van der Waals surface area contributed by atoms with Crippen LogP contribution in [0, 0.1) is 0 Å². The molecule has 0 aromatic carbocycles. The molecule has 0 aliphatic carbocycles. The Balaban J connectivity index is 1.90. The first-order chi connectivity index (χ1) is 11.1. The number of halogens is 2. The predicted octanol–water partition coefficient (Wildman–Crippen LogP) is 1.69. The number of fused-ring (bicyclic) bond motifs is 1. The molecular weight excluding hydrogens is 384 g/mol. The van der Waals surface area contributed by atoms with E-state index in [4.69, 9.17) is 47.4 Å². The molecule has 8 nitrogen and oxygen atoms in total. The number of nitrogens with two attached hydrogens (primary N) is 1. The van der Waals surface area contributed by atoms with Crippen molar-refractivity contribution in [3.63, 3.8) is 0 Å². The minimum absolute atomic E-state index is 0.00566. The van der Waals surface area contributed by atoms with E-state index in [2.05, 4.69) is 4.98 Å². The predicted molar refractivity (Wildman–Crippen MR) is 87.8 cm³/mol. The number of ether oxygens (including phenoxy) is 1. The van der Waals surface area contributed by atoms with Crippen molar-refractivity contribution >= 4 is 35.9 Å². The summed E-state index contributed by atoms with van der Waals surface area (Å²) in [5, 5.41) is -2.56. The average molecular weight is 400 g/mol. The van der Waals surface area contributed by atoms with Gasteiger partial charge in [-0.2, -0.15) is 4.98 Å². The van der Waals surface area contributed by atoms with Crippen LogP contribution in [0.1, 0.15) is 20.1 Å². The Morgan fingerprint density at radius 2 is 2.38 bits per heavy atom. The van der Waals surface area contributed by atoms with Crippen molar-refractivity contribution in [2.24, 2.45) is 0 Å². The van der Waals surface area contributed by atoms with Crippen LogP contribution in [0.15, 0.2) is 17.1 Å². The van der Waals surface area contributed by atoms with Gasteiger partial charge in [-0.1, -0.05) is 11.6 Å². The van der Waals surface area contributed by atoms with Crippen LogP contribution < -0.4 is 11.4 Å². The van der Waals surface area contributed by atoms with Gasteiger partial charge >= 0.3 is 12.4 Å². The summed E-state index contributed by atoms with van der Waals surface area (Å²) in [5.74, 6) is 0.00566. The summed E-state index contributed by atoms with van der Waals surface area (Å²) in [5.41, 5.74) is 4.64. The Hall–Kier alpha value is -0.610. The van der Waals surface area contributed by atoms with Crippen LogP contribution >= 0.6 is 18.3 Å². The molecule has 0 spiro atoms. The fourth-order valence-electron chi connectivity index (χ4n) is 2.48. The standard InChI is InChI=1S/C12H16ClFN3O5PS/c1-6(2)21-23(24)19-5-7-9(22-23)12(13,14)10(20-7)17-4-3-8(15)16-11(17)18/h3-4,6-7,9-10H,5H2,1-2H3,(H2,15,16,18)/t7-,9-,10-,12-,23?/m1/s1. The zero-order chi connectivity index (χ0) is 17.7. The Labute approximate surface area is 147 Å². The van der Waals surface area contributed by atoms with Gasteiger partial charge in [0.2, 0.25) is 0 Å². The highest BCUT2D eigenvalue weighted by molar-refractivity contribution is 8.07. The van der Waals surface area contributed by atoms with E-state index in [0.29, 0.717) is 0 Å². The number of anilines is 1. The fraction of sp³-hybridized carbons (Fsp3) is 0.667. The molecule has 24 heavy (non-hydrogen) atoms. The first kappa shape index (κ1) is 18.2. The van der Waals surface area contributed by atoms with E-state index in [1.54, 1.807) is 13.8 Å². The zero-order valence-electron chi connectivity index (χ0n) is 12.8. The third kappa shape index (κ3) is 3.24. The summed E-state index contributed by atoms with van der Waals surface area (Å²) in [4.78, 5) is 15.5. The van der Waals surface area contributed by atoms with Crippen LogP contribution in [0.2, 0.25) is 0 Å². The fourth-order valence-corrected chi connectivity index (χ4v) is 5.45. The number of nitrogen functional groups attached to an aromatic ring is 1. The van der Waals surface area contributed by atoms with Crippen LogP contribution in [0.4, 0.5) is 10.2 Å². The smallest absolute Gasteiger partial charge is 0.351 e. The van der Waals surface area contributed by atoms with Crippen LogP contribution in [-0.4, -0.2) is 39.6 Å². The molecule has 134 valence electrons. The summed E-state index contributed by atoms with van der Waals surface area (Å²) in [6.45, 7) is 0.301. The van der Waals surface area contributed by atoms with Crippen molar-refractivity contribution in [3.8, 4) is 0 Å². The lowest BCUT2D eigenvalue weighted by Gasteiger charge is -2.35. The van der Waals surface area contributed by atoms with Crippen molar-refractivity contribution in [2.75, 3.05) is 12.3 Å². The molecule has 0 amide bonds. The van der Waals surface area contributed by atoms with Gasteiger partial charge in [-0.15, -0.1) is 0 Å². The molecule has 2 saturated heterocycles. The van der Waals surface area contributed by atoms with E-state index in [0.717, 1.165) is 4.57 Å². The maximum absolute atomic E-state index is 15.2. The Kier molecular flexibility index (Phi) is 4.76. The molecule has 0 bridgehead atoms. The molecule has 2 aliphatic rings. The average Bonchev–Trinajstić information content (AvgIpc) is 2.69. The molecule has 2 aliphatic heterocycles. The van der Waals surface area contributed by atoms with Crippen LogP contribution in [0.3, 0.4) is 0 Å². The molecule has 12 heteroatoms. The molecule has 1 unspecified atom stereocenters. The van der Waals surface area contributed by atoms with Gasteiger partial charge in [0.05, 0.1) is 12.7 Å². The van der Waals surface area contributed by atoms with E-state index < -0.39 is 36.0 Å². The van der Waals surface area contributed by atoms with Gasteiger partial charge in [-0.3, -0.25) is 9.09 Å². The van der Waals surface area contributed by atoms with Gasteiger partial charge < -0.3 is 19.5 Å². The monoisotopic (exact) mass is 399 g/mol. The summed E-state index contributed by atoms with van der Waals surface area (Å²) >= 11 is 11.3. The van der Waals surface area contributed by atoms with Crippen LogP contribution in [0.5, 0.6) is 0 Å². The van der Waals surface area contributed by atoms with Crippen LogP contribution in [0.25, 0.3) is 0 Å². The van der Waals surface area contributed by atoms with Gasteiger partial charge in [0.1, 0.15) is 18.0 Å². The van der Waals surface area contributed by atoms with Crippen molar-refractivity contribution in [2.45, 2.75) is 43.5 Å². The lowest BCUT2D eigenvalue weighted by atomic mass is 10.1. The molecule has 2 N–H and O–H groups in total. The second-order valence-electron chi connectivity index (χ2n) is 5.67. The molecule has 1 aromatic rings. The molecule has 5 atom stereocenters. The summed E-state index contributed by atoms with van der Waals surface area (Å²) < 4.78 is 38.1. The lowest BCUT2D eigenvalue weighted by molar-refractivity contribution is -0.0656. The minimum atomic E-state index is -3.15. The normalized spacial score (nSPS) is 39.1. The van der Waals surface area contributed by atoms with E-state index in [1.165, 1.54) is 12.3 Å². The number of hydrogen-bond acceptors (Lipinski definition) is 8. The summed E-state index contributed by atoms with van der Waals surface area (Å²) in [6.07, 6.45) is -2.55. The quantitative estimate of drug-likeness (QED) is 0.605. The maximum atomic E-state index is 15.2. The van der Waals surface area contributed by atoms with Gasteiger partial charge in [-0.05, 0) is 31.7 Å². The second-order valence-corrected chi connectivity index (χ2v) is 9.16. The van der Waals surface area contributed by atoms with Gasteiger partial charge in [0.15, 0.2) is 6.23 Å². The van der Waals surface area contributed by atoms with Crippen molar-refractivity contribution in [3.05, 3.63) is 22.7 Å². The zero-order valence-corrected chi connectivity index (χ0v) is 15.3. The third-order valence-electron chi connectivity index (χ3n) is 3.43. The number of alkyl halides is 2. The molecule has 2 fully saturated rings. The van der Waals surface area contributed by atoms with E-state index in [9.17, 15) is 4.79 Å². The molecular formula is C12H16ClFN3O5PS. The highest BCUT2D eigenvalue weighted by Crippen LogP contribution is 2.61. The molecule has 3 heterocycles. The van der Waals surface area contributed by atoms with Crippen LogP contribution in [-0.2, 0) is 30.1 Å². The third-order valence-corrected chi connectivity index (χ3v) is 6.30. The van der Waals surface area contributed by atoms with Crippen molar-refractivity contribution in [1.82, 2.24) is 9.55 Å². The Bertz CT molecular complexity index is 748. The first-order valence-electron chi connectivity index (χ1n) is 7.12. The second kappa shape index (κ2) is 6.28. The maximum Gasteiger partial charge on any atom is 0.351 e. The van der Waals surface area contributed by atoms with Crippen molar-refractivity contribution < 1.29 is 22.7 Å². The number of aromatic nitrogens is 2. The molecule has 0 radical (unpaired) electrons. The van der Waals surface area contributed by atoms with E-state index in [1.807, 2.05) is 0 Å². The SMILES string of the molecule is CC(C)OP1(=S)OC[C@H]2O[C@@H](n3ccc(N)nc3=O)[C@@](F)(Cl)[C@@H]2O1. The Morgan fingerprint density at radius 3 is 3.00 bits per heavy atom. The number of nitrogens with zero attached hydrogens (tertiary/aromatic N) is 2. The molecule has 0 saturated carbocycles. The van der Waals surface area contributed by atoms with Crippen molar-refractivity contribution in [1.29, 1.82) is 0 Å². The summed E-state index contributed by atoms with van der Waals surface area (Å²) in [7, 11) is 0. The Morgan fingerprint density at radius 1 is 1.67 bits per heavy atom. The topological polar surface area (TPSA) is 97.8 Å².